The fraction of sp³-hybridized carbons (Fsp3) is 0.438. The smallest absolute Gasteiger partial charge is 0.0897 e. The second-order valence-electron chi connectivity index (χ2n) is 4.98. The van der Waals surface area contributed by atoms with Crippen molar-refractivity contribution < 1.29 is 0 Å². The third-order valence-corrected chi connectivity index (χ3v) is 4.24. The van der Waals surface area contributed by atoms with E-state index >= 15 is 0 Å². The van der Waals surface area contributed by atoms with Gasteiger partial charge in [0, 0.05) is 17.8 Å². The van der Waals surface area contributed by atoms with Crippen molar-refractivity contribution in [2.45, 2.75) is 40.2 Å². The Morgan fingerprint density at radius 3 is 2.42 bits per heavy atom. The molecule has 0 radical (unpaired) electrons. The van der Waals surface area contributed by atoms with Crippen molar-refractivity contribution in [3.8, 4) is 0 Å². The monoisotopic (exact) mass is 274 g/mol. The van der Waals surface area contributed by atoms with Crippen LogP contribution in [0.5, 0.6) is 0 Å². The molecule has 3 heteroatoms. The zero-order valence-electron chi connectivity index (χ0n) is 12.2. The molecule has 0 bridgehead atoms. The van der Waals surface area contributed by atoms with E-state index in [2.05, 4.69) is 61.6 Å². The lowest BCUT2D eigenvalue weighted by molar-refractivity contribution is 0.540. The molecule has 1 unspecified atom stereocenters. The van der Waals surface area contributed by atoms with Crippen molar-refractivity contribution in [3.05, 3.63) is 51.0 Å². The predicted octanol–water partition coefficient (Wildman–Crippen LogP) is 3.96. The summed E-state index contributed by atoms with van der Waals surface area (Å²) in [6, 6.07) is 6.87. The molecule has 2 nitrogen and oxygen atoms in total. The number of aryl methyl sites for hydroxylation is 3. The van der Waals surface area contributed by atoms with E-state index in [1.165, 1.54) is 22.4 Å². The highest BCUT2D eigenvalue weighted by Crippen LogP contribution is 2.25. The number of hydrogen-bond acceptors (Lipinski definition) is 3. The van der Waals surface area contributed by atoms with Gasteiger partial charge in [-0.3, -0.25) is 0 Å². The summed E-state index contributed by atoms with van der Waals surface area (Å²) in [6.45, 7) is 9.59. The number of rotatable bonds is 5. The molecule has 1 atom stereocenters. The van der Waals surface area contributed by atoms with Crippen molar-refractivity contribution in [3.63, 3.8) is 0 Å². The van der Waals surface area contributed by atoms with Crippen LogP contribution in [0.4, 0.5) is 0 Å². The molecule has 102 valence electrons. The summed E-state index contributed by atoms with van der Waals surface area (Å²) in [4.78, 5) is 4.60. The molecule has 2 aromatic rings. The topological polar surface area (TPSA) is 24.9 Å². The third-order valence-electron chi connectivity index (χ3n) is 3.42. The highest BCUT2D eigenvalue weighted by molar-refractivity contribution is 7.09. The van der Waals surface area contributed by atoms with Crippen LogP contribution in [-0.4, -0.2) is 11.5 Å². The number of hydrogen-bond donors (Lipinski definition) is 1. The molecule has 0 aliphatic rings. The highest BCUT2D eigenvalue weighted by Gasteiger charge is 2.16. The van der Waals surface area contributed by atoms with E-state index in [1.54, 1.807) is 11.3 Å². The molecule has 0 amide bonds. The van der Waals surface area contributed by atoms with Gasteiger partial charge in [0.05, 0.1) is 10.7 Å². The van der Waals surface area contributed by atoms with Crippen LogP contribution in [0.25, 0.3) is 0 Å². The Kier molecular flexibility index (Phi) is 4.72. The van der Waals surface area contributed by atoms with Crippen LogP contribution in [0.3, 0.4) is 0 Å². The van der Waals surface area contributed by atoms with E-state index in [1.807, 2.05) is 0 Å². The number of thiazole rings is 1. The van der Waals surface area contributed by atoms with Gasteiger partial charge in [0.2, 0.25) is 0 Å². The van der Waals surface area contributed by atoms with Crippen molar-refractivity contribution in [1.29, 1.82) is 0 Å². The molecule has 1 heterocycles. The van der Waals surface area contributed by atoms with E-state index in [0.29, 0.717) is 6.04 Å². The van der Waals surface area contributed by atoms with Crippen molar-refractivity contribution in [1.82, 2.24) is 10.3 Å². The second-order valence-corrected chi connectivity index (χ2v) is 6.04. The SMILES string of the molecule is CCNC(Cc1csc(C)n1)c1c(C)cccc1C. The van der Waals surface area contributed by atoms with Crippen LogP contribution in [-0.2, 0) is 6.42 Å². The quantitative estimate of drug-likeness (QED) is 0.892. The molecule has 0 aliphatic carbocycles. The Balaban J connectivity index is 2.29. The first-order valence-corrected chi connectivity index (χ1v) is 7.70. The van der Waals surface area contributed by atoms with Gasteiger partial charge in [0.1, 0.15) is 0 Å². The Morgan fingerprint density at radius 2 is 1.89 bits per heavy atom. The lowest BCUT2D eigenvalue weighted by Crippen LogP contribution is -2.24. The van der Waals surface area contributed by atoms with Gasteiger partial charge >= 0.3 is 0 Å². The van der Waals surface area contributed by atoms with Crippen LogP contribution >= 0.6 is 11.3 Å². The van der Waals surface area contributed by atoms with Crippen LogP contribution in [0.2, 0.25) is 0 Å². The van der Waals surface area contributed by atoms with Crippen LogP contribution in [0.15, 0.2) is 23.6 Å². The molecule has 0 spiro atoms. The summed E-state index contributed by atoms with van der Waals surface area (Å²) >= 11 is 1.73. The molecule has 0 fully saturated rings. The van der Waals surface area contributed by atoms with Gasteiger partial charge in [-0.1, -0.05) is 25.1 Å². The second kappa shape index (κ2) is 6.31. The minimum atomic E-state index is 0.354. The zero-order chi connectivity index (χ0) is 13.8. The van der Waals surface area contributed by atoms with Crippen molar-refractivity contribution in [2.24, 2.45) is 0 Å². The molecule has 0 aliphatic heterocycles. The fourth-order valence-electron chi connectivity index (χ4n) is 2.61. The Hall–Kier alpha value is -1.19. The standard InChI is InChI=1S/C16H22N2S/c1-5-17-15(9-14-10-19-13(4)18-14)16-11(2)7-6-8-12(16)3/h6-8,10,15,17H,5,9H2,1-4H3. The summed E-state index contributed by atoms with van der Waals surface area (Å²) in [5.41, 5.74) is 5.34. The highest BCUT2D eigenvalue weighted by atomic mass is 32.1. The molecule has 19 heavy (non-hydrogen) atoms. The van der Waals surface area contributed by atoms with Crippen molar-refractivity contribution >= 4 is 11.3 Å². The summed E-state index contributed by atoms with van der Waals surface area (Å²) < 4.78 is 0. The molecule has 2 rings (SSSR count). The summed E-state index contributed by atoms with van der Waals surface area (Å²) in [7, 11) is 0. The molecule has 0 saturated carbocycles. The molecular weight excluding hydrogens is 252 g/mol. The molecule has 0 saturated heterocycles. The normalized spacial score (nSPS) is 12.6. The minimum Gasteiger partial charge on any atom is -0.310 e. The Bertz CT molecular complexity index is 525. The number of nitrogens with zero attached hydrogens (tertiary/aromatic N) is 1. The van der Waals surface area contributed by atoms with Crippen LogP contribution in [0.1, 0.15) is 40.4 Å². The first-order valence-electron chi connectivity index (χ1n) is 6.82. The Labute approximate surface area is 119 Å². The van der Waals surface area contributed by atoms with E-state index in [-0.39, 0.29) is 0 Å². The van der Waals surface area contributed by atoms with Crippen LogP contribution in [0, 0.1) is 20.8 Å². The lowest BCUT2D eigenvalue weighted by Gasteiger charge is -2.21. The average Bonchev–Trinajstić information content (AvgIpc) is 2.75. The van der Waals surface area contributed by atoms with E-state index < -0.39 is 0 Å². The van der Waals surface area contributed by atoms with Gasteiger partial charge < -0.3 is 5.32 Å². The van der Waals surface area contributed by atoms with Crippen LogP contribution < -0.4 is 5.32 Å². The van der Waals surface area contributed by atoms with Crippen molar-refractivity contribution in [2.75, 3.05) is 6.54 Å². The van der Waals surface area contributed by atoms with E-state index in [0.717, 1.165) is 18.0 Å². The van der Waals surface area contributed by atoms with Gasteiger partial charge in [0.25, 0.3) is 0 Å². The zero-order valence-corrected chi connectivity index (χ0v) is 13.0. The average molecular weight is 274 g/mol. The van der Waals surface area contributed by atoms with E-state index in [4.69, 9.17) is 0 Å². The minimum absolute atomic E-state index is 0.354. The summed E-state index contributed by atoms with van der Waals surface area (Å²) in [5, 5.41) is 6.92. The third kappa shape index (κ3) is 3.43. The fourth-order valence-corrected chi connectivity index (χ4v) is 3.24. The van der Waals surface area contributed by atoms with Gasteiger partial charge in [-0.15, -0.1) is 11.3 Å². The largest absolute Gasteiger partial charge is 0.310 e. The number of nitrogens with one attached hydrogen (secondary N) is 1. The predicted molar refractivity (Wildman–Crippen MR) is 82.9 cm³/mol. The molecule has 1 N–H and O–H groups in total. The number of aromatic nitrogens is 1. The van der Waals surface area contributed by atoms with Gasteiger partial charge in [-0.2, -0.15) is 0 Å². The lowest BCUT2D eigenvalue weighted by atomic mass is 9.93. The number of likely N-dealkylation sites (N-methyl/N-ethyl adjacent to an activating group) is 1. The van der Waals surface area contributed by atoms with Gasteiger partial charge in [0.15, 0.2) is 0 Å². The maximum absolute atomic E-state index is 4.60. The molecular formula is C16H22N2S. The Morgan fingerprint density at radius 1 is 1.21 bits per heavy atom. The maximum atomic E-state index is 4.60. The molecule has 1 aromatic carbocycles. The first-order chi connectivity index (χ1) is 9.11. The summed E-state index contributed by atoms with van der Waals surface area (Å²) in [6.07, 6.45) is 0.962. The van der Waals surface area contributed by atoms with Gasteiger partial charge in [-0.05, 0) is 44.0 Å². The van der Waals surface area contributed by atoms with Gasteiger partial charge in [-0.25, -0.2) is 4.98 Å². The summed E-state index contributed by atoms with van der Waals surface area (Å²) in [5.74, 6) is 0. The number of benzene rings is 1. The first kappa shape index (κ1) is 14.2. The molecule has 1 aromatic heterocycles. The maximum Gasteiger partial charge on any atom is 0.0897 e. The van der Waals surface area contributed by atoms with E-state index in [9.17, 15) is 0 Å².